The van der Waals surface area contributed by atoms with Crippen LogP contribution in [0.15, 0.2) is 18.2 Å². The van der Waals surface area contributed by atoms with E-state index in [4.69, 9.17) is 11.6 Å². The van der Waals surface area contributed by atoms with Gasteiger partial charge in [-0.1, -0.05) is 38.4 Å². The lowest BCUT2D eigenvalue weighted by atomic mass is 9.81. The molecule has 0 spiro atoms. The van der Waals surface area contributed by atoms with Crippen LogP contribution in [0.25, 0.3) is 0 Å². The monoisotopic (exact) mass is 257 g/mol. The van der Waals surface area contributed by atoms with E-state index in [1.807, 2.05) is 0 Å². The van der Waals surface area contributed by atoms with Gasteiger partial charge in [-0.25, -0.2) is 4.39 Å². The summed E-state index contributed by atoms with van der Waals surface area (Å²) >= 11 is 5.75. The first-order chi connectivity index (χ1) is 8.00. The topological polar surface area (TPSA) is 12.0 Å². The number of hydrogen-bond donors (Lipinski definition) is 1. The zero-order valence-electron chi connectivity index (χ0n) is 10.8. The molecule has 96 valence electrons. The second-order valence-electron chi connectivity index (χ2n) is 4.86. The van der Waals surface area contributed by atoms with E-state index in [1.165, 1.54) is 6.07 Å². The van der Waals surface area contributed by atoms with Crippen LogP contribution in [0.5, 0.6) is 0 Å². The van der Waals surface area contributed by atoms with Gasteiger partial charge in [0.15, 0.2) is 0 Å². The third-order valence-electron chi connectivity index (χ3n) is 3.29. The summed E-state index contributed by atoms with van der Waals surface area (Å²) in [5, 5.41) is 3.80. The fraction of sp³-hybridized carbons (Fsp3) is 0.571. The standard InChI is InChI=1S/C14H21ClFN/c1-4-14(3,10-17-5-2)9-11-6-7-12(15)8-13(11)16/h6-8,17H,4-5,9-10H2,1-3H3. The number of hydrogen-bond acceptors (Lipinski definition) is 1. The van der Waals surface area contributed by atoms with Crippen molar-refractivity contribution in [1.29, 1.82) is 0 Å². The Balaban J connectivity index is 2.79. The molecule has 0 aromatic heterocycles. The molecule has 0 aliphatic rings. The van der Waals surface area contributed by atoms with Crippen molar-refractivity contribution in [1.82, 2.24) is 5.32 Å². The third-order valence-corrected chi connectivity index (χ3v) is 3.52. The van der Waals surface area contributed by atoms with Crippen molar-refractivity contribution < 1.29 is 4.39 Å². The molecule has 1 nitrogen and oxygen atoms in total. The van der Waals surface area contributed by atoms with Crippen LogP contribution in [0, 0.1) is 11.2 Å². The van der Waals surface area contributed by atoms with Crippen LogP contribution in [0.2, 0.25) is 5.02 Å². The summed E-state index contributed by atoms with van der Waals surface area (Å²) in [5.74, 6) is -0.200. The van der Waals surface area contributed by atoms with E-state index in [1.54, 1.807) is 12.1 Å². The molecule has 1 aromatic carbocycles. The number of halogens is 2. The van der Waals surface area contributed by atoms with E-state index in [0.717, 1.165) is 31.5 Å². The molecule has 1 N–H and O–H groups in total. The van der Waals surface area contributed by atoms with Crippen molar-refractivity contribution in [3.63, 3.8) is 0 Å². The van der Waals surface area contributed by atoms with Crippen LogP contribution >= 0.6 is 11.6 Å². The summed E-state index contributed by atoms with van der Waals surface area (Å²) in [5.41, 5.74) is 0.835. The highest BCUT2D eigenvalue weighted by molar-refractivity contribution is 6.30. The minimum atomic E-state index is -0.200. The van der Waals surface area contributed by atoms with Crippen molar-refractivity contribution in [3.8, 4) is 0 Å². The van der Waals surface area contributed by atoms with Crippen LogP contribution in [-0.4, -0.2) is 13.1 Å². The third kappa shape index (κ3) is 4.29. The quantitative estimate of drug-likeness (QED) is 0.811. The molecule has 0 saturated carbocycles. The molecule has 0 bridgehead atoms. The zero-order chi connectivity index (χ0) is 12.9. The number of nitrogens with one attached hydrogen (secondary N) is 1. The molecule has 0 fully saturated rings. The Morgan fingerprint density at radius 1 is 1.35 bits per heavy atom. The summed E-state index contributed by atoms with van der Waals surface area (Å²) in [6.07, 6.45) is 1.75. The first-order valence-corrected chi connectivity index (χ1v) is 6.53. The molecule has 0 amide bonds. The summed E-state index contributed by atoms with van der Waals surface area (Å²) in [6, 6.07) is 4.93. The fourth-order valence-corrected chi connectivity index (χ4v) is 2.02. The first kappa shape index (κ1) is 14.5. The predicted molar refractivity (Wildman–Crippen MR) is 72.1 cm³/mol. The van der Waals surface area contributed by atoms with Crippen LogP contribution in [0.3, 0.4) is 0 Å². The van der Waals surface area contributed by atoms with E-state index < -0.39 is 0 Å². The lowest BCUT2D eigenvalue weighted by molar-refractivity contribution is 0.289. The van der Waals surface area contributed by atoms with Crippen molar-refractivity contribution in [2.45, 2.75) is 33.6 Å². The van der Waals surface area contributed by atoms with Gasteiger partial charge in [0.25, 0.3) is 0 Å². The normalized spacial score (nSPS) is 14.6. The number of rotatable bonds is 6. The molecular weight excluding hydrogens is 237 g/mol. The molecule has 0 radical (unpaired) electrons. The Morgan fingerprint density at radius 3 is 2.59 bits per heavy atom. The molecule has 0 aliphatic heterocycles. The molecule has 3 heteroatoms. The second-order valence-corrected chi connectivity index (χ2v) is 5.29. The van der Waals surface area contributed by atoms with Crippen LogP contribution in [-0.2, 0) is 6.42 Å². The summed E-state index contributed by atoms with van der Waals surface area (Å²) in [4.78, 5) is 0. The van der Waals surface area contributed by atoms with Crippen LogP contribution in [0.1, 0.15) is 32.8 Å². The molecular formula is C14H21ClFN. The summed E-state index contributed by atoms with van der Waals surface area (Å²) in [7, 11) is 0. The van der Waals surface area contributed by atoms with E-state index in [9.17, 15) is 4.39 Å². The lowest BCUT2D eigenvalue weighted by Gasteiger charge is -2.29. The van der Waals surface area contributed by atoms with Gasteiger partial charge in [0.05, 0.1) is 0 Å². The van der Waals surface area contributed by atoms with Gasteiger partial charge in [-0.3, -0.25) is 0 Å². The SMILES string of the molecule is CCNCC(C)(CC)Cc1ccc(Cl)cc1F. The van der Waals surface area contributed by atoms with Crippen molar-refractivity contribution >= 4 is 11.6 Å². The minimum Gasteiger partial charge on any atom is -0.316 e. The second kappa shape index (κ2) is 6.36. The van der Waals surface area contributed by atoms with Crippen molar-refractivity contribution in [2.24, 2.45) is 5.41 Å². The molecule has 0 saturated heterocycles. The molecule has 0 heterocycles. The Kier molecular flexibility index (Phi) is 5.41. The smallest absolute Gasteiger partial charge is 0.127 e. The first-order valence-electron chi connectivity index (χ1n) is 6.15. The van der Waals surface area contributed by atoms with Gasteiger partial charge < -0.3 is 5.32 Å². The Bertz CT molecular complexity index is 367. The molecule has 0 aliphatic carbocycles. The zero-order valence-corrected chi connectivity index (χ0v) is 11.6. The molecule has 1 atom stereocenters. The molecule has 1 unspecified atom stereocenters. The van der Waals surface area contributed by atoms with Crippen molar-refractivity contribution in [3.05, 3.63) is 34.6 Å². The number of benzene rings is 1. The highest BCUT2D eigenvalue weighted by atomic mass is 35.5. The maximum Gasteiger partial charge on any atom is 0.127 e. The van der Waals surface area contributed by atoms with Gasteiger partial charge in [0.2, 0.25) is 0 Å². The maximum atomic E-state index is 13.7. The average Bonchev–Trinajstić information content (AvgIpc) is 2.30. The lowest BCUT2D eigenvalue weighted by Crippen LogP contribution is -2.33. The van der Waals surface area contributed by atoms with Gasteiger partial charge in [0.1, 0.15) is 5.82 Å². The Labute approximate surface area is 108 Å². The van der Waals surface area contributed by atoms with Gasteiger partial charge in [-0.15, -0.1) is 0 Å². The predicted octanol–water partition coefficient (Wildman–Crippen LogP) is 4.05. The van der Waals surface area contributed by atoms with Gasteiger partial charge in [-0.05, 0) is 42.5 Å². The molecule has 17 heavy (non-hydrogen) atoms. The van der Waals surface area contributed by atoms with E-state index in [2.05, 4.69) is 26.1 Å². The maximum absolute atomic E-state index is 13.7. The molecule has 1 aromatic rings. The largest absolute Gasteiger partial charge is 0.316 e. The Hall–Kier alpha value is -0.600. The molecule has 1 rings (SSSR count). The van der Waals surface area contributed by atoms with E-state index in [-0.39, 0.29) is 11.2 Å². The van der Waals surface area contributed by atoms with Gasteiger partial charge >= 0.3 is 0 Å². The minimum absolute atomic E-state index is 0.0880. The van der Waals surface area contributed by atoms with E-state index in [0.29, 0.717) is 5.02 Å². The summed E-state index contributed by atoms with van der Waals surface area (Å²) < 4.78 is 13.7. The highest BCUT2D eigenvalue weighted by Gasteiger charge is 2.23. The van der Waals surface area contributed by atoms with Crippen LogP contribution < -0.4 is 5.32 Å². The highest BCUT2D eigenvalue weighted by Crippen LogP contribution is 2.28. The van der Waals surface area contributed by atoms with Gasteiger partial charge in [0, 0.05) is 11.6 Å². The van der Waals surface area contributed by atoms with Crippen LogP contribution in [0.4, 0.5) is 4.39 Å². The van der Waals surface area contributed by atoms with E-state index >= 15 is 0 Å². The average molecular weight is 258 g/mol. The summed E-state index contributed by atoms with van der Waals surface area (Å²) in [6.45, 7) is 8.26. The van der Waals surface area contributed by atoms with Crippen molar-refractivity contribution in [2.75, 3.05) is 13.1 Å². The Morgan fingerprint density at radius 2 is 2.06 bits per heavy atom. The van der Waals surface area contributed by atoms with Gasteiger partial charge in [-0.2, -0.15) is 0 Å². The fourth-order valence-electron chi connectivity index (χ4n) is 1.86.